The first-order valence-electron chi connectivity index (χ1n) is 7.44. The van der Waals surface area contributed by atoms with Crippen LogP contribution in [0.5, 0.6) is 0 Å². The molecule has 23 heavy (non-hydrogen) atoms. The van der Waals surface area contributed by atoms with Crippen LogP contribution in [0, 0.1) is 17.6 Å². The summed E-state index contributed by atoms with van der Waals surface area (Å²) in [6.07, 6.45) is 0.503. The molecule has 0 spiro atoms. The summed E-state index contributed by atoms with van der Waals surface area (Å²) in [6.45, 7) is 0. The molecule has 4 nitrogen and oxygen atoms in total. The van der Waals surface area contributed by atoms with Crippen LogP contribution >= 0.6 is 11.8 Å². The highest BCUT2D eigenvalue weighted by Gasteiger charge is 2.49. The highest BCUT2D eigenvalue weighted by Crippen LogP contribution is 2.50. The van der Waals surface area contributed by atoms with E-state index in [-0.39, 0.29) is 29.2 Å². The summed E-state index contributed by atoms with van der Waals surface area (Å²) >= 11 is 1.54. The minimum Gasteiger partial charge on any atom is -0.347 e. The number of thioether (sulfide) groups is 1. The lowest BCUT2D eigenvalue weighted by molar-refractivity contribution is -0.142. The first-order valence-corrected chi connectivity index (χ1v) is 8.60. The van der Waals surface area contributed by atoms with Crippen molar-refractivity contribution in [1.82, 2.24) is 9.80 Å². The molecule has 0 bridgehead atoms. The fraction of sp³-hybridized carbons (Fsp3) is 0.500. The SMILES string of the molecule is CN(C)C(=O)C1CSCN1C(=O)C1CC1c1cc(F)ccc1F. The predicted octanol–water partition coefficient (Wildman–Crippen LogP) is 2.06. The molecule has 3 unspecified atom stereocenters. The third kappa shape index (κ3) is 3.06. The molecule has 1 heterocycles. The standard InChI is InChI=1S/C16H18F2N2O2S/c1-19(2)16(22)14-7-23-8-20(14)15(21)12-6-10(12)11-5-9(17)3-4-13(11)18/h3-5,10,12,14H,6-8H2,1-2H3. The Morgan fingerprint density at radius 2 is 2.04 bits per heavy atom. The van der Waals surface area contributed by atoms with Gasteiger partial charge in [0, 0.05) is 25.8 Å². The lowest BCUT2D eigenvalue weighted by Gasteiger charge is -2.25. The molecule has 2 fully saturated rings. The van der Waals surface area contributed by atoms with E-state index < -0.39 is 17.7 Å². The molecule has 1 saturated heterocycles. The van der Waals surface area contributed by atoms with E-state index in [4.69, 9.17) is 0 Å². The van der Waals surface area contributed by atoms with Gasteiger partial charge in [0.25, 0.3) is 0 Å². The van der Waals surface area contributed by atoms with Crippen LogP contribution in [0.1, 0.15) is 17.9 Å². The van der Waals surface area contributed by atoms with E-state index in [1.54, 1.807) is 19.0 Å². The van der Waals surface area contributed by atoms with Crippen molar-refractivity contribution in [2.24, 2.45) is 5.92 Å². The molecular formula is C16H18F2N2O2S. The topological polar surface area (TPSA) is 40.6 Å². The van der Waals surface area contributed by atoms with E-state index in [9.17, 15) is 18.4 Å². The molecule has 3 rings (SSSR count). The Bertz CT molecular complexity index is 653. The number of rotatable bonds is 3. The lowest BCUT2D eigenvalue weighted by atomic mass is 10.1. The summed E-state index contributed by atoms with van der Waals surface area (Å²) in [5.74, 6) is -0.824. The Balaban J connectivity index is 1.73. The van der Waals surface area contributed by atoms with Gasteiger partial charge in [-0.3, -0.25) is 9.59 Å². The van der Waals surface area contributed by atoms with Gasteiger partial charge in [0.2, 0.25) is 11.8 Å². The summed E-state index contributed by atoms with van der Waals surface area (Å²) in [5.41, 5.74) is 0.255. The van der Waals surface area contributed by atoms with Crippen molar-refractivity contribution in [2.45, 2.75) is 18.4 Å². The van der Waals surface area contributed by atoms with Crippen molar-refractivity contribution in [3.63, 3.8) is 0 Å². The van der Waals surface area contributed by atoms with E-state index in [1.807, 2.05) is 0 Å². The molecule has 124 valence electrons. The fourth-order valence-corrected chi connectivity index (χ4v) is 4.14. The summed E-state index contributed by atoms with van der Waals surface area (Å²) in [6, 6.07) is 2.87. The average Bonchev–Trinajstić information content (AvgIpc) is 3.15. The van der Waals surface area contributed by atoms with Crippen molar-refractivity contribution in [3.8, 4) is 0 Å². The number of hydrogen-bond acceptors (Lipinski definition) is 3. The molecule has 1 saturated carbocycles. The van der Waals surface area contributed by atoms with Crippen LogP contribution in [0.2, 0.25) is 0 Å². The number of likely N-dealkylation sites (N-methyl/N-ethyl adjacent to an activating group) is 1. The van der Waals surface area contributed by atoms with E-state index in [1.165, 1.54) is 16.7 Å². The third-order valence-corrected chi connectivity index (χ3v) is 5.37. The lowest BCUT2D eigenvalue weighted by Crippen LogP contribution is -2.47. The summed E-state index contributed by atoms with van der Waals surface area (Å²) in [4.78, 5) is 27.9. The number of nitrogens with zero attached hydrogens (tertiary/aromatic N) is 2. The van der Waals surface area contributed by atoms with Gasteiger partial charge in [0.05, 0.1) is 5.88 Å². The first-order chi connectivity index (χ1) is 10.9. The Labute approximate surface area is 137 Å². The molecule has 0 N–H and O–H groups in total. The number of carbonyl (C=O) groups is 2. The molecule has 3 atom stereocenters. The molecule has 0 radical (unpaired) electrons. The van der Waals surface area contributed by atoms with Crippen molar-refractivity contribution >= 4 is 23.6 Å². The summed E-state index contributed by atoms with van der Waals surface area (Å²) in [5, 5.41) is 0. The normalized spacial score (nSPS) is 26.3. The zero-order valence-corrected chi connectivity index (χ0v) is 13.8. The maximum atomic E-state index is 13.8. The van der Waals surface area contributed by atoms with Gasteiger partial charge in [0.1, 0.15) is 17.7 Å². The summed E-state index contributed by atoms with van der Waals surface area (Å²) < 4.78 is 27.1. The number of carbonyl (C=O) groups excluding carboxylic acids is 2. The zero-order valence-electron chi connectivity index (χ0n) is 13.0. The van der Waals surface area contributed by atoms with E-state index >= 15 is 0 Å². The van der Waals surface area contributed by atoms with Gasteiger partial charge in [-0.15, -0.1) is 11.8 Å². The van der Waals surface area contributed by atoms with Gasteiger partial charge in [-0.2, -0.15) is 0 Å². The highest BCUT2D eigenvalue weighted by atomic mass is 32.2. The van der Waals surface area contributed by atoms with Crippen molar-refractivity contribution in [2.75, 3.05) is 25.7 Å². The van der Waals surface area contributed by atoms with Crippen LogP contribution in [0.15, 0.2) is 18.2 Å². The van der Waals surface area contributed by atoms with Crippen LogP contribution in [-0.2, 0) is 9.59 Å². The van der Waals surface area contributed by atoms with Gasteiger partial charge in [-0.1, -0.05) is 0 Å². The Morgan fingerprint density at radius 1 is 1.30 bits per heavy atom. The monoisotopic (exact) mass is 340 g/mol. The Hall–Kier alpha value is -1.63. The van der Waals surface area contributed by atoms with Crippen LogP contribution < -0.4 is 0 Å². The largest absolute Gasteiger partial charge is 0.347 e. The molecular weight excluding hydrogens is 322 g/mol. The second-order valence-corrected chi connectivity index (χ2v) is 7.17. The van der Waals surface area contributed by atoms with Gasteiger partial charge >= 0.3 is 0 Å². The average molecular weight is 340 g/mol. The Morgan fingerprint density at radius 3 is 2.74 bits per heavy atom. The van der Waals surface area contributed by atoms with E-state index in [0.29, 0.717) is 18.1 Å². The zero-order chi connectivity index (χ0) is 16.7. The predicted molar refractivity (Wildman–Crippen MR) is 83.9 cm³/mol. The first kappa shape index (κ1) is 16.2. The smallest absolute Gasteiger partial charge is 0.245 e. The second-order valence-electron chi connectivity index (χ2n) is 6.17. The minimum atomic E-state index is -0.503. The minimum absolute atomic E-state index is 0.0995. The van der Waals surface area contributed by atoms with Gasteiger partial charge in [-0.05, 0) is 36.1 Å². The maximum absolute atomic E-state index is 13.8. The summed E-state index contributed by atoms with van der Waals surface area (Å²) in [7, 11) is 3.33. The number of amides is 2. The van der Waals surface area contributed by atoms with Crippen molar-refractivity contribution in [3.05, 3.63) is 35.4 Å². The van der Waals surface area contributed by atoms with E-state index in [2.05, 4.69) is 0 Å². The molecule has 1 aliphatic carbocycles. The molecule has 0 aromatic heterocycles. The van der Waals surface area contributed by atoms with Gasteiger partial charge < -0.3 is 9.80 Å². The number of halogens is 2. The van der Waals surface area contributed by atoms with Crippen molar-refractivity contribution < 1.29 is 18.4 Å². The van der Waals surface area contributed by atoms with Crippen LogP contribution in [0.4, 0.5) is 8.78 Å². The Kier molecular flexibility index (Phi) is 4.31. The quantitative estimate of drug-likeness (QED) is 0.846. The number of hydrogen-bond donors (Lipinski definition) is 0. The third-order valence-electron chi connectivity index (χ3n) is 4.36. The van der Waals surface area contributed by atoms with E-state index in [0.717, 1.165) is 18.2 Å². The highest BCUT2D eigenvalue weighted by molar-refractivity contribution is 7.99. The fourth-order valence-electron chi connectivity index (χ4n) is 2.99. The van der Waals surface area contributed by atoms with Crippen LogP contribution in [-0.4, -0.2) is 53.4 Å². The van der Waals surface area contributed by atoms with Crippen LogP contribution in [0.3, 0.4) is 0 Å². The maximum Gasteiger partial charge on any atom is 0.245 e. The van der Waals surface area contributed by atoms with Crippen LogP contribution in [0.25, 0.3) is 0 Å². The molecule has 7 heteroatoms. The number of benzene rings is 1. The molecule has 1 aromatic carbocycles. The molecule has 1 aliphatic heterocycles. The molecule has 2 aliphatic rings. The van der Waals surface area contributed by atoms with Gasteiger partial charge in [0.15, 0.2) is 0 Å². The molecule has 1 aromatic rings. The van der Waals surface area contributed by atoms with Crippen molar-refractivity contribution in [1.29, 1.82) is 0 Å². The molecule has 2 amide bonds. The van der Waals surface area contributed by atoms with Gasteiger partial charge in [-0.25, -0.2) is 8.78 Å². The second kappa shape index (κ2) is 6.11.